The Labute approximate surface area is 115 Å². The first-order valence-corrected chi connectivity index (χ1v) is 8.46. The molecular weight excluding hydrogens is 268 g/mol. The van der Waals surface area contributed by atoms with Crippen molar-refractivity contribution in [1.82, 2.24) is 9.21 Å². The topological polar surface area (TPSA) is 77.9 Å². The number of rotatable bonds is 6. The van der Waals surface area contributed by atoms with Crippen LogP contribution in [0.25, 0.3) is 0 Å². The van der Waals surface area contributed by atoms with Crippen LogP contribution in [0.2, 0.25) is 0 Å². The Kier molecular flexibility index (Phi) is 5.76. The molecule has 0 aromatic rings. The maximum absolute atomic E-state index is 11.4. The molecule has 112 valence electrons. The molecule has 1 saturated heterocycles. The third kappa shape index (κ3) is 5.46. The van der Waals surface area contributed by atoms with Gasteiger partial charge in [0.15, 0.2) is 0 Å². The van der Waals surface area contributed by atoms with Crippen LogP contribution < -0.4 is 0 Å². The lowest BCUT2D eigenvalue weighted by atomic mass is 10.0. The van der Waals surface area contributed by atoms with Crippen LogP contribution in [0.3, 0.4) is 0 Å². The highest BCUT2D eigenvalue weighted by atomic mass is 32.2. The Hall–Kier alpha value is -0.660. The van der Waals surface area contributed by atoms with E-state index in [1.165, 1.54) is 10.6 Å². The van der Waals surface area contributed by atoms with Crippen molar-refractivity contribution in [2.45, 2.75) is 32.7 Å². The molecule has 0 atom stereocenters. The third-order valence-corrected chi connectivity index (χ3v) is 4.65. The molecule has 0 aromatic carbocycles. The number of aliphatic carboxylic acids is 1. The normalized spacial score (nSPS) is 19.2. The Morgan fingerprint density at radius 3 is 2.26 bits per heavy atom. The van der Waals surface area contributed by atoms with E-state index < -0.39 is 16.0 Å². The Morgan fingerprint density at radius 2 is 1.89 bits per heavy atom. The summed E-state index contributed by atoms with van der Waals surface area (Å²) in [6.07, 6.45) is 2.62. The molecule has 0 amide bonds. The summed E-state index contributed by atoms with van der Waals surface area (Å²) in [4.78, 5) is 12.9. The van der Waals surface area contributed by atoms with Crippen molar-refractivity contribution in [3.05, 3.63) is 0 Å². The van der Waals surface area contributed by atoms with Gasteiger partial charge < -0.3 is 5.11 Å². The van der Waals surface area contributed by atoms with Gasteiger partial charge in [-0.2, -0.15) is 0 Å². The molecule has 1 rings (SSSR count). The number of nitrogens with zero attached hydrogens (tertiary/aromatic N) is 2. The fraction of sp³-hybridized carbons (Fsp3) is 0.917. The summed E-state index contributed by atoms with van der Waals surface area (Å²) >= 11 is 0. The number of carbonyl (C=O) groups is 1. The average molecular weight is 292 g/mol. The summed E-state index contributed by atoms with van der Waals surface area (Å²) < 4.78 is 24.3. The minimum atomic E-state index is -3.12. The highest BCUT2D eigenvalue weighted by Gasteiger charge is 2.29. The molecule has 19 heavy (non-hydrogen) atoms. The summed E-state index contributed by atoms with van der Waals surface area (Å²) in [7, 11) is -3.12. The van der Waals surface area contributed by atoms with Crippen LogP contribution in [-0.2, 0) is 14.8 Å². The van der Waals surface area contributed by atoms with E-state index in [1.807, 2.05) is 4.90 Å². The summed E-state index contributed by atoms with van der Waals surface area (Å²) in [5.41, 5.74) is 0. The largest absolute Gasteiger partial charge is 0.480 e. The number of hydrogen-bond donors (Lipinski definition) is 1. The minimum absolute atomic E-state index is 0.0295. The average Bonchev–Trinajstić information content (AvgIpc) is 2.26. The zero-order valence-corrected chi connectivity index (χ0v) is 12.7. The van der Waals surface area contributed by atoms with Gasteiger partial charge in [-0.15, -0.1) is 0 Å². The van der Waals surface area contributed by atoms with Gasteiger partial charge in [0.05, 0.1) is 12.8 Å². The molecule has 1 fully saturated rings. The molecule has 0 unspecified atom stereocenters. The van der Waals surface area contributed by atoms with E-state index in [0.717, 1.165) is 6.54 Å². The highest BCUT2D eigenvalue weighted by molar-refractivity contribution is 7.88. The Morgan fingerprint density at radius 1 is 1.37 bits per heavy atom. The fourth-order valence-corrected chi connectivity index (χ4v) is 3.40. The van der Waals surface area contributed by atoms with E-state index in [0.29, 0.717) is 31.8 Å². The SMILES string of the molecule is CC(C)CN(CC(=O)O)C1CCN(S(C)(=O)=O)CC1. The van der Waals surface area contributed by atoms with Crippen molar-refractivity contribution < 1.29 is 18.3 Å². The lowest BCUT2D eigenvalue weighted by molar-refractivity contribution is -0.139. The molecule has 0 aromatic heterocycles. The molecule has 0 bridgehead atoms. The first-order chi connectivity index (χ1) is 8.70. The summed E-state index contributed by atoms with van der Waals surface area (Å²) in [5, 5.41) is 8.96. The molecule has 6 nitrogen and oxygen atoms in total. The van der Waals surface area contributed by atoms with Gasteiger partial charge in [-0.05, 0) is 18.8 Å². The van der Waals surface area contributed by atoms with Gasteiger partial charge in [-0.25, -0.2) is 12.7 Å². The van der Waals surface area contributed by atoms with Gasteiger partial charge in [-0.1, -0.05) is 13.8 Å². The zero-order chi connectivity index (χ0) is 14.6. The number of sulfonamides is 1. The Bertz CT molecular complexity index is 400. The van der Waals surface area contributed by atoms with Gasteiger partial charge in [0.25, 0.3) is 0 Å². The van der Waals surface area contributed by atoms with Crippen LogP contribution in [0.5, 0.6) is 0 Å². The quantitative estimate of drug-likeness (QED) is 0.769. The van der Waals surface area contributed by atoms with E-state index in [4.69, 9.17) is 5.11 Å². The third-order valence-electron chi connectivity index (χ3n) is 3.35. The summed E-state index contributed by atoms with van der Waals surface area (Å²) in [6.45, 7) is 5.84. The second-order valence-electron chi connectivity index (χ2n) is 5.61. The van der Waals surface area contributed by atoms with Gasteiger partial charge in [0.2, 0.25) is 10.0 Å². The summed E-state index contributed by atoms with van der Waals surface area (Å²) in [6, 6.07) is 0.163. The van der Waals surface area contributed by atoms with Gasteiger partial charge in [-0.3, -0.25) is 9.69 Å². The van der Waals surface area contributed by atoms with E-state index in [-0.39, 0.29) is 12.6 Å². The van der Waals surface area contributed by atoms with Crippen LogP contribution >= 0.6 is 0 Å². The van der Waals surface area contributed by atoms with E-state index in [2.05, 4.69) is 13.8 Å². The van der Waals surface area contributed by atoms with Crippen molar-refractivity contribution in [2.75, 3.05) is 32.4 Å². The molecule has 0 spiro atoms. The lowest BCUT2D eigenvalue weighted by Crippen LogP contribution is -2.48. The molecule has 0 saturated carbocycles. The fourth-order valence-electron chi connectivity index (χ4n) is 2.52. The smallest absolute Gasteiger partial charge is 0.317 e. The zero-order valence-electron chi connectivity index (χ0n) is 11.9. The second-order valence-corrected chi connectivity index (χ2v) is 7.59. The first-order valence-electron chi connectivity index (χ1n) is 6.61. The minimum Gasteiger partial charge on any atom is -0.480 e. The molecule has 0 aliphatic carbocycles. The monoisotopic (exact) mass is 292 g/mol. The standard InChI is InChI=1S/C12H24N2O4S/c1-10(2)8-13(9-12(15)16)11-4-6-14(7-5-11)19(3,17)18/h10-11H,4-9H2,1-3H3,(H,15,16). The van der Waals surface area contributed by atoms with Crippen LogP contribution in [-0.4, -0.2) is 67.2 Å². The number of hydrogen-bond acceptors (Lipinski definition) is 4. The van der Waals surface area contributed by atoms with Crippen LogP contribution in [0.15, 0.2) is 0 Å². The highest BCUT2D eigenvalue weighted by Crippen LogP contribution is 2.19. The molecule has 1 heterocycles. The second kappa shape index (κ2) is 6.67. The molecule has 7 heteroatoms. The maximum atomic E-state index is 11.4. The molecule has 1 aliphatic rings. The summed E-state index contributed by atoms with van der Waals surface area (Å²) in [5.74, 6) is -0.432. The first kappa shape index (κ1) is 16.4. The molecule has 1 N–H and O–H groups in total. The van der Waals surface area contributed by atoms with Crippen LogP contribution in [0.4, 0.5) is 0 Å². The molecule has 1 aliphatic heterocycles. The van der Waals surface area contributed by atoms with Crippen molar-refractivity contribution in [3.63, 3.8) is 0 Å². The lowest BCUT2D eigenvalue weighted by Gasteiger charge is -2.37. The van der Waals surface area contributed by atoms with Crippen molar-refractivity contribution in [2.24, 2.45) is 5.92 Å². The van der Waals surface area contributed by atoms with Crippen LogP contribution in [0.1, 0.15) is 26.7 Å². The van der Waals surface area contributed by atoms with E-state index >= 15 is 0 Å². The number of carboxylic acids is 1. The van der Waals surface area contributed by atoms with Crippen molar-refractivity contribution in [1.29, 1.82) is 0 Å². The van der Waals surface area contributed by atoms with Crippen LogP contribution in [0, 0.1) is 5.92 Å². The van der Waals surface area contributed by atoms with Crippen molar-refractivity contribution in [3.8, 4) is 0 Å². The van der Waals surface area contributed by atoms with Crippen molar-refractivity contribution >= 4 is 16.0 Å². The van der Waals surface area contributed by atoms with Gasteiger partial charge in [0.1, 0.15) is 0 Å². The number of carboxylic acid groups (broad SMARTS) is 1. The molecule has 0 radical (unpaired) electrons. The number of piperidine rings is 1. The molecular formula is C12H24N2O4S. The maximum Gasteiger partial charge on any atom is 0.317 e. The Balaban J connectivity index is 2.61. The van der Waals surface area contributed by atoms with Gasteiger partial charge in [0, 0.05) is 25.7 Å². The van der Waals surface area contributed by atoms with E-state index in [1.54, 1.807) is 0 Å². The van der Waals surface area contributed by atoms with Gasteiger partial charge >= 0.3 is 5.97 Å². The predicted octanol–water partition coefficient (Wildman–Crippen LogP) is 0.453. The van der Waals surface area contributed by atoms with E-state index in [9.17, 15) is 13.2 Å². The predicted molar refractivity (Wildman–Crippen MR) is 73.5 cm³/mol.